The maximum atomic E-state index is 12.2. The van der Waals surface area contributed by atoms with E-state index in [1.54, 1.807) is 12.3 Å². The first-order valence-corrected chi connectivity index (χ1v) is 7.45. The van der Waals surface area contributed by atoms with Gasteiger partial charge in [0, 0.05) is 36.1 Å². The Labute approximate surface area is 129 Å². The quantitative estimate of drug-likeness (QED) is 0.815. The predicted octanol–water partition coefficient (Wildman–Crippen LogP) is 2.88. The number of hydrogen-bond donors (Lipinski definition) is 0. The molecule has 0 aliphatic carbocycles. The van der Waals surface area contributed by atoms with Gasteiger partial charge < -0.3 is 4.90 Å². The number of para-hydroxylation sites is 1. The standard InChI is InChI=1S/C18H18N2O2/c1-13(21)15-7-8-16(19-11-15)9-14-10-18(22)20(12-14)17-5-3-2-4-6-17/h2-8,11,14H,9-10,12H2,1H3/t14-/m1/s1. The van der Waals surface area contributed by atoms with Crippen molar-refractivity contribution in [3.63, 3.8) is 0 Å². The second kappa shape index (κ2) is 6.10. The molecule has 0 unspecified atom stereocenters. The third kappa shape index (κ3) is 3.06. The van der Waals surface area contributed by atoms with Gasteiger partial charge in [0.1, 0.15) is 0 Å². The number of anilines is 1. The van der Waals surface area contributed by atoms with Crippen LogP contribution >= 0.6 is 0 Å². The van der Waals surface area contributed by atoms with Gasteiger partial charge in [0.2, 0.25) is 5.91 Å². The van der Waals surface area contributed by atoms with Crippen molar-refractivity contribution in [2.75, 3.05) is 11.4 Å². The topological polar surface area (TPSA) is 50.3 Å². The molecule has 22 heavy (non-hydrogen) atoms. The summed E-state index contributed by atoms with van der Waals surface area (Å²) in [5.74, 6) is 0.449. The van der Waals surface area contributed by atoms with E-state index in [9.17, 15) is 9.59 Å². The van der Waals surface area contributed by atoms with E-state index in [0.717, 1.165) is 24.3 Å². The predicted molar refractivity (Wildman–Crippen MR) is 84.8 cm³/mol. The van der Waals surface area contributed by atoms with Gasteiger partial charge in [-0.05, 0) is 43.5 Å². The number of Topliss-reactive ketones (excluding diaryl/α,β-unsaturated/α-hetero) is 1. The smallest absolute Gasteiger partial charge is 0.227 e. The normalized spacial score (nSPS) is 17.8. The van der Waals surface area contributed by atoms with Gasteiger partial charge in [-0.2, -0.15) is 0 Å². The van der Waals surface area contributed by atoms with Crippen molar-refractivity contribution in [1.82, 2.24) is 4.98 Å². The lowest BCUT2D eigenvalue weighted by Gasteiger charge is -2.16. The van der Waals surface area contributed by atoms with Gasteiger partial charge in [-0.15, -0.1) is 0 Å². The third-order valence-electron chi connectivity index (χ3n) is 4.00. The summed E-state index contributed by atoms with van der Waals surface area (Å²) < 4.78 is 0. The molecule has 0 N–H and O–H groups in total. The van der Waals surface area contributed by atoms with Crippen molar-refractivity contribution >= 4 is 17.4 Å². The van der Waals surface area contributed by atoms with Gasteiger partial charge in [0.15, 0.2) is 5.78 Å². The van der Waals surface area contributed by atoms with Crippen LogP contribution < -0.4 is 4.90 Å². The molecule has 0 bridgehead atoms. The van der Waals surface area contributed by atoms with Crippen molar-refractivity contribution in [2.45, 2.75) is 19.8 Å². The van der Waals surface area contributed by atoms with Crippen molar-refractivity contribution in [3.8, 4) is 0 Å². The number of benzene rings is 1. The summed E-state index contributed by atoms with van der Waals surface area (Å²) in [7, 11) is 0. The van der Waals surface area contributed by atoms with E-state index >= 15 is 0 Å². The molecule has 2 aromatic rings. The third-order valence-corrected chi connectivity index (χ3v) is 4.00. The van der Waals surface area contributed by atoms with Gasteiger partial charge in [0.25, 0.3) is 0 Å². The SMILES string of the molecule is CC(=O)c1ccc(C[C@@H]2CC(=O)N(c3ccccc3)C2)nc1. The van der Waals surface area contributed by atoms with Crippen LogP contribution in [0.15, 0.2) is 48.7 Å². The number of rotatable bonds is 4. The first-order chi connectivity index (χ1) is 10.6. The molecular formula is C18H18N2O2. The number of carbonyl (C=O) groups is 2. The molecule has 4 heteroatoms. The molecule has 112 valence electrons. The molecule has 1 aromatic carbocycles. The summed E-state index contributed by atoms with van der Waals surface area (Å²) in [6.07, 6.45) is 2.92. The van der Waals surface area contributed by atoms with Crippen molar-refractivity contribution in [2.24, 2.45) is 5.92 Å². The van der Waals surface area contributed by atoms with Crippen LogP contribution in [0.4, 0.5) is 5.69 Å². The Morgan fingerprint density at radius 1 is 1.23 bits per heavy atom. The summed E-state index contributed by atoms with van der Waals surface area (Å²) in [6, 6.07) is 13.4. The van der Waals surface area contributed by atoms with Crippen molar-refractivity contribution in [1.29, 1.82) is 0 Å². The van der Waals surface area contributed by atoms with Gasteiger partial charge in [-0.1, -0.05) is 18.2 Å². The first kappa shape index (κ1) is 14.4. The monoisotopic (exact) mass is 294 g/mol. The minimum absolute atomic E-state index is 0.0188. The Morgan fingerprint density at radius 3 is 2.64 bits per heavy atom. The number of pyridine rings is 1. The second-order valence-electron chi connectivity index (χ2n) is 5.71. The summed E-state index contributed by atoms with van der Waals surface area (Å²) in [4.78, 5) is 29.6. The molecule has 1 aromatic heterocycles. The number of hydrogen-bond acceptors (Lipinski definition) is 3. The average Bonchev–Trinajstić information content (AvgIpc) is 2.89. The lowest BCUT2D eigenvalue weighted by atomic mass is 10.0. The molecule has 0 saturated carbocycles. The van der Waals surface area contributed by atoms with Crippen LogP contribution in [-0.4, -0.2) is 23.2 Å². The molecule has 1 amide bonds. The highest BCUT2D eigenvalue weighted by molar-refractivity contribution is 5.95. The lowest BCUT2D eigenvalue weighted by Crippen LogP contribution is -2.24. The van der Waals surface area contributed by atoms with Gasteiger partial charge in [-0.25, -0.2) is 0 Å². The molecule has 1 atom stereocenters. The van der Waals surface area contributed by atoms with Gasteiger partial charge >= 0.3 is 0 Å². The molecule has 1 saturated heterocycles. The highest BCUT2D eigenvalue weighted by Crippen LogP contribution is 2.26. The summed E-state index contributed by atoms with van der Waals surface area (Å²) >= 11 is 0. The Hall–Kier alpha value is -2.49. The number of nitrogens with zero attached hydrogens (tertiary/aromatic N) is 2. The molecule has 3 rings (SSSR count). The highest BCUT2D eigenvalue weighted by atomic mass is 16.2. The van der Waals surface area contributed by atoms with E-state index in [1.165, 1.54) is 6.92 Å². The van der Waals surface area contributed by atoms with Crippen LogP contribution in [0.3, 0.4) is 0 Å². The summed E-state index contributed by atoms with van der Waals surface area (Å²) in [6.45, 7) is 2.25. The molecule has 1 fully saturated rings. The van der Waals surface area contributed by atoms with E-state index < -0.39 is 0 Å². The molecule has 2 heterocycles. The van der Waals surface area contributed by atoms with Gasteiger partial charge in [-0.3, -0.25) is 14.6 Å². The molecule has 1 aliphatic rings. The van der Waals surface area contributed by atoms with E-state index in [0.29, 0.717) is 12.0 Å². The zero-order chi connectivity index (χ0) is 15.5. The average molecular weight is 294 g/mol. The summed E-state index contributed by atoms with van der Waals surface area (Å²) in [5.41, 5.74) is 2.50. The minimum Gasteiger partial charge on any atom is -0.312 e. The molecule has 0 spiro atoms. The molecular weight excluding hydrogens is 276 g/mol. The van der Waals surface area contributed by atoms with Crippen LogP contribution in [0.5, 0.6) is 0 Å². The van der Waals surface area contributed by atoms with Crippen LogP contribution in [0.25, 0.3) is 0 Å². The lowest BCUT2D eigenvalue weighted by molar-refractivity contribution is -0.117. The first-order valence-electron chi connectivity index (χ1n) is 7.45. The largest absolute Gasteiger partial charge is 0.312 e. The van der Waals surface area contributed by atoms with E-state index in [-0.39, 0.29) is 17.6 Å². The Kier molecular flexibility index (Phi) is 4.00. The Balaban J connectivity index is 1.67. The van der Waals surface area contributed by atoms with Crippen LogP contribution in [0.2, 0.25) is 0 Å². The molecule has 4 nitrogen and oxygen atoms in total. The minimum atomic E-state index is 0.0188. The number of aromatic nitrogens is 1. The fraction of sp³-hybridized carbons (Fsp3) is 0.278. The molecule has 1 aliphatic heterocycles. The number of carbonyl (C=O) groups excluding carboxylic acids is 2. The fourth-order valence-electron chi connectivity index (χ4n) is 2.83. The van der Waals surface area contributed by atoms with Crippen molar-refractivity contribution in [3.05, 3.63) is 59.9 Å². The Bertz CT molecular complexity index is 680. The maximum Gasteiger partial charge on any atom is 0.227 e. The second-order valence-corrected chi connectivity index (χ2v) is 5.71. The fourth-order valence-corrected chi connectivity index (χ4v) is 2.83. The molecule has 0 radical (unpaired) electrons. The van der Waals surface area contributed by atoms with E-state index in [2.05, 4.69) is 4.98 Å². The van der Waals surface area contributed by atoms with Crippen molar-refractivity contribution < 1.29 is 9.59 Å². The number of amides is 1. The van der Waals surface area contributed by atoms with Crippen LogP contribution in [-0.2, 0) is 11.2 Å². The summed E-state index contributed by atoms with van der Waals surface area (Å²) in [5, 5.41) is 0. The zero-order valence-electron chi connectivity index (χ0n) is 12.5. The van der Waals surface area contributed by atoms with E-state index in [4.69, 9.17) is 0 Å². The Morgan fingerprint density at radius 2 is 2.00 bits per heavy atom. The van der Waals surface area contributed by atoms with Gasteiger partial charge in [0.05, 0.1) is 0 Å². The van der Waals surface area contributed by atoms with Crippen LogP contribution in [0, 0.1) is 5.92 Å². The van der Waals surface area contributed by atoms with E-state index in [1.807, 2.05) is 41.3 Å². The highest BCUT2D eigenvalue weighted by Gasteiger charge is 2.30. The number of ketones is 1. The zero-order valence-corrected chi connectivity index (χ0v) is 12.5. The van der Waals surface area contributed by atoms with Crippen LogP contribution in [0.1, 0.15) is 29.4 Å². The maximum absolute atomic E-state index is 12.2.